The van der Waals surface area contributed by atoms with Crippen molar-refractivity contribution in [2.75, 3.05) is 0 Å². The highest BCUT2D eigenvalue weighted by Gasteiger charge is 2.32. The first kappa shape index (κ1) is 14.1. The number of hydrogen-bond acceptors (Lipinski definition) is 0. The fraction of sp³-hybridized carbons (Fsp3) is 1.00. The first-order chi connectivity index (χ1) is 7.63. The standard InChI is InChI=1S/C16H32/c1-6-12(4)15-9-10-16(13(5)11-15)14(7-2)8-3/h12-16H,6-11H2,1-5H3. The summed E-state index contributed by atoms with van der Waals surface area (Å²) in [5, 5.41) is 0. The summed E-state index contributed by atoms with van der Waals surface area (Å²) in [6, 6.07) is 0. The van der Waals surface area contributed by atoms with Crippen molar-refractivity contribution >= 4 is 0 Å². The molecule has 0 spiro atoms. The zero-order chi connectivity index (χ0) is 12.1. The Morgan fingerprint density at radius 2 is 1.62 bits per heavy atom. The van der Waals surface area contributed by atoms with E-state index in [1.165, 1.54) is 38.5 Å². The largest absolute Gasteiger partial charge is 0.0651 e. The molecule has 1 aliphatic carbocycles. The molecule has 4 unspecified atom stereocenters. The minimum absolute atomic E-state index is 0.949. The summed E-state index contributed by atoms with van der Waals surface area (Å²) in [4.78, 5) is 0. The molecule has 0 nitrogen and oxygen atoms in total. The molecule has 16 heavy (non-hydrogen) atoms. The normalized spacial score (nSPS) is 33.0. The monoisotopic (exact) mass is 224 g/mol. The molecule has 0 heteroatoms. The molecule has 96 valence electrons. The fourth-order valence-electron chi connectivity index (χ4n) is 3.91. The summed E-state index contributed by atoms with van der Waals surface area (Å²) in [5.74, 6) is 4.96. The third kappa shape index (κ3) is 3.25. The predicted octanol–water partition coefficient (Wildman–Crippen LogP) is 5.52. The van der Waals surface area contributed by atoms with Crippen molar-refractivity contribution in [3.8, 4) is 0 Å². The Labute approximate surface area is 103 Å². The summed E-state index contributed by atoms with van der Waals surface area (Å²) in [5.41, 5.74) is 0. The van der Waals surface area contributed by atoms with Gasteiger partial charge in [0.15, 0.2) is 0 Å². The van der Waals surface area contributed by atoms with Crippen molar-refractivity contribution < 1.29 is 0 Å². The maximum atomic E-state index is 2.51. The van der Waals surface area contributed by atoms with Crippen LogP contribution in [0.5, 0.6) is 0 Å². The Bertz CT molecular complexity index is 180. The van der Waals surface area contributed by atoms with Crippen molar-refractivity contribution in [3.05, 3.63) is 0 Å². The lowest BCUT2D eigenvalue weighted by atomic mass is 9.65. The summed E-state index contributed by atoms with van der Waals surface area (Å²) >= 11 is 0. The highest BCUT2D eigenvalue weighted by Crippen LogP contribution is 2.42. The second-order valence-corrected chi connectivity index (χ2v) is 6.18. The molecule has 0 aromatic rings. The highest BCUT2D eigenvalue weighted by atomic mass is 14.4. The molecule has 1 saturated carbocycles. The van der Waals surface area contributed by atoms with Crippen LogP contribution in [0.25, 0.3) is 0 Å². The Morgan fingerprint density at radius 1 is 1.00 bits per heavy atom. The van der Waals surface area contributed by atoms with Crippen LogP contribution in [-0.2, 0) is 0 Å². The summed E-state index contributed by atoms with van der Waals surface area (Å²) < 4.78 is 0. The smallest absolute Gasteiger partial charge is 0.0360 e. The van der Waals surface area contributed by atoms with Crippen molar-refractivity contribution in [2.24, 2.45) is 29.6 Å². The Kier molecular flexibility index (Phi) is 5.86. The first-order valence-corrected chi connectivity index (χ1v) is 7.63. The van der Waals surface area contributed by atoms with E-state index in [0.717, 1.165) is 29.6 Å². The quantitative estimate of drug-likeness (QED) is 0.576. The van der Waals surface area contributed by atoms with Crippen molar-refractivity contribution in [1.29, 1.82) is 0 Å². The maximum absolute atomic E-state index is 2.51. The van der Waals surface area contributed by atoms with E-state index in [0.29, 0.717) is 0 Å². The Hall–Kier alpha value is 0. The fourth-order valence-corrected chi connectivity index (χ4v) is 3.91. The van der Waals surface area contributed by atoms with E-state index in [9.17, 15) is 0 Å². The summed E-state index contributed by atoms with van der Waals surface area (Å²) in [6.45, 7) is 12.1. The summed E-state index contributed by atoms with van der Waals surface area (Å²) in [7, 11) is 0. The average Bonchev–Trinajstić information content (AvgIpc) is 2.31. The molecular weight excluding hydrogens is 192 g/mol. The van der Waals surface area contributed by atoms with Crippen LogP contribution >= 0.6 is 0 Å². The van der Waals surface area contributed by atoms with Crippen molar-refractivity contribution in [2.45, 2.75) is 73.1 Å². The molecule has 1 aliphatic rings. The second-order valence-electron chi connectivity index (χ2n) is 6.18. The van der Waals surface area contributed by atoms with E-state index in [4.69, 9.17) is 0 Å². The van der Waals surface area contributed by atoms with Crippen LogP contribution in [0.3, 0.4) is 0 Å². The van der Waals surface area contributed by atoms with Gasteiger partial charge in [0.1, 0.15) is 0 Å². The minimum atomic E-state index is 0.949. The molecule has 0 aromatic heterocycles. The highest BCUT2D eigenvalue weighted by molar-refractivity contribution is 4.83. The van der Waals surface area contributed by atoms with E-state index in [-0.39, 0.29) is 0 Å². The Balaban J connectivity index is 2.51. The zero-order valence-corrected chi connectivity index (χ0v) is 12.1. The van der Waals surface area contributed by atoms with E-state index < -0.39 is 0 Å². The number of rotatable bonds is 5. The molecule has 1 fully saturated rings. The number of hydrogen-bond donors (Lipinski definition) is 0. The van der Waals surface area contributed by atoms with Crippen LogP contribution in [0, 0.1) is 29.6 Å². The third-order valence-electron chi connectivity index (χ3n) is 5.38. The van der Waals surface area contributed by atoms with E-state index in [1.54, 1.807) is 0 Å². The maximum Gasteiger partial charge on any atom is -0.0360 e. The van der Waals surface area contributed by atoms with Crippen molar-refractivity contribution in [3.63, 3.8) is 0 Å². The van der Waals surface area contributed by atoms with Gasteiger partial charge in [-0.1, -0.05) is 53.9 Å². The molecule has 0 aliphatic heterocycles. The van der Waals surface area contributed by atoms with Crippen LogP contribution in [0.4, 0.5) is 0 Å². The molecule has 0 radical (unpaired) electrons. The van der Waals surface area contributed by atoms with Gasteiger partial charge >= 0.3 is 0 Å². The van der Waals surface area contributed by atoms with Gasteiger partial charge in [0.25, 0.3) is 0 Å². The molecule has 0 saturated heterocycles. The van der Waals surface area contributed by atoms with Crippen molar-refractivity contribution in [1.82, 2.24) is 0 Å². The van der Waals surface area contributed by atoms with E-state index in [1.807, 2.05) is 0 Å². The van der Waals surface area contributed by atoms with Gasteiger partial charge in [-0.15, -0.1) is 0 Å². The van der Waals surface area contributed by atoms with Gasteiger partial charge in [-0.2, -0.15) is 0 Å². The molecular formula is C16H32. The molecule has 0 amide bonds. The molecule has 0 aromatic carbocycles. The van der Waals surface area contributed by atoms with Gasteiger partial charge < -0.3 is 0 Å². The lowest BCUT2D eigenvalue weighted by Gasteiger charge is -2.40. The second kappa shape index (κ2) is 6.67. The molecule has 4 atom stereocenters. The van der Waals surface area contributed by atoms with E-state index >= 15 is 0 Å². The van der Waals surface area contributed by atoms with Crippen LogP contribution in [0.15, 0.2) is 0 Å². The third-order valence-corrected chi connectivity index (χ3v) is 5.38. The van der Waals surface area contributed by atoms with Crippen LogP contribution in [0.2, 0.25) is 0 Å². The van der Waals surface area contributed by atoms with Crippen LogP contribution in [-0.4, -0.2) is 0 Å². The van der Waals surface area contributed by atoms with Crippen LogP contribution in [0.1, 0.15) is 73.1 Å². The topological polar surface area (TPSA) is 0 Å². The average molecular weight is 224 g/mol. The molecule has 1 rings (SSSR count). The lowest BCUT2D eigenvalue weighted by Crippen LogP contribution is -2.30. The predicted molar refractivity (Wildman–Crippen MR) is 73.5 cm³/mol. The molecule has 0 bridgehead atoms. The Morgan fingerprint density at radius 3 is 2.06 bits per heavy atom. The lowest BCUT2D eigenvalue weighted by molar-refractivity contribution is 0.103. The van der Waals surface area contributed by atoms with Gasteiger partial charge in [0.2, 0.25) is 0 Å². The van der Waals surface area contributed by atoms with Crippen LogP contribution < -0.4 is 0 Å². The van der Waals surface area contributed by atoms with Gasteiger partial charge in [0.05, 0.1) is 0 Å². The van der Waals surface area contributed by atoms with Gasteiger partial charge in [-0.25, -0.2) is 0 Å². The molecule has 0 heterocycles. The molecule has 0 N–H and O–H groups in total. The van der Waals surface area contributed by atoms with Gasteiger partial charge in [-0.3, -0.25) is 0 Å². The van der Waals surface area contributed by atoms with Gasteiger partial charge in [0, 0.05) is 0 Å². The summed E-state index contributed by atoms with van der Waals surface area (Å²) in [6.07, 6.45) is 8.64. The van der Waals surface area contributed by atoms with Gasteiger partial charge in [-0.05, 0) is 48.9 Å². The zero-order valence-electron chi connectivity index (χ0n) is 12.1. The minimum Gasteiger partial charge on any atom is -0.0651 e. The van der Waals surface area contributed by atoms with E-state index in [2.05, 4.69) is 34.6 Å². The first-order valence-electron chi connectivity index (χ1n) is 7.63. The SMILES string of the molecule is CCC(C)C1CCC(C(CC)CC)C(C)C1.